The Bertz CT molecular complexity index is 544. The summed E-state index contributed by atoms with van der Waals surface area (Å²) >= 11 is 8.26. The highest BCUT2D eigenvalue weighted by molar-refractivity contribution is 14.1. The summed E-state index contributed by atoms with van der Waals surface area (Å²) in [5.41, 5.74) is 1.31. The van der Waals surface area contributed by atoms with E-state index < -0.39 is 0 Å². The van der Waals surface area contributed by atoms with E-state index in [1.54, 1.807) is 0 Å². The number of ether oxygens (including phenoxy) is 1. The highest BCUT2D eigenvalue weighted by Gasteiger charge is 2.08. The van der Waals surface area contributed by atoms with Crippen LogP contribution >= 0.6 is 34.2 Å². The average Bonchev–Trinajstić information content (AvgIpc) is 2.45. The van der Waals surface area contributed by atoms with Crippen molar-refractivity contribution in [1.29, 1.82) is 0 Å². The van der Waals surface area contributed by atoms with Gasteiger partial charge >= 0.3 is 0 Å². The van der Waals surface area contributed by atoms with Crippen LogP contribution in [0.3, 0.4) is 0 Å². The zero-order chi connectivity index (χ0) is 14.4. The molecule has 0 aliphatic carbocycles. The number of hydrogen-bond acceptors (Lipinski definition) is 2. The molecular weight excluding hydrogens is 385 g/mol. The van der Waals surface area contributed by atoms with Gasteiger partial charge in [0.1, 0.15) is 12.4 Å². The topological polar surface area (TPSA) is 21.3 Å². The summed E-state index contributed by atoms with van der Waals surface area (Å²) in [4.78, 5) is 0. The maximum absolute atomic E-state index is 5.94. The van der Waals surface area contributed by atoms with Crippen molar-refractivity contribution in [3.63, 3.8) is 0 Å². The van der Waals surface area contributed by atoms with Gasteiger partial charge in [0.25, 0.3) is 0 Å². The molecule has 4 heteroatoms. The third-order valence-corrected chi connectivity index (χ3v) is 4.01. The Kier molecular flexibility index (Phi) is 6.13. The zero-order valence-corrected chi connectivity index (χ0v) is 14.2. The van der Waals surface area contributed by atoms with Gasteiger partial charge in [-0.1, -0.05) is 29.8 Å². The van der Waals surface area contributed by atoms with Gasteiger partial charge < -0.3 is 10.1 Å². The van der Waals surface area contributed by atoms with E-state index in [1.165, 1.54) is 9.13 Å². The molecule has 2 nitrogen and oxygen atoms in total. The zero-order valence-electron chi connectivity index (χ0n) is 11.3. The molecule has 106 valence electrons. The fraction of sp³-hybridized carbons (Fsp3) is 0.250. The minimum absolute atomic E-state index is 0.272. The molecule has 0 amide bonds. The Labute approximate surface area is 138 Å². The molecule has 0 fully saturated rings. The molecule has 0 saturated carbocycles. The van der Waals surface area contributed by atoms with Crippen molar-refractivity contribution in [2.75, 3.05) is 13.7 Å². The first-order valence-electron chi connectivity index (χ1n) is 6.47. The lowest BCUT2D eigenvalue weighted by atomic mass is 10.1. The quantitative estimate of drug-likeness (QED) is 0.734. The first-order valence-corrected chi connectivity index (χ1v) is 7.93. The molecule has 0 heterocycles. The Balaban J connectivity index is 1.90. The number of likely N-dealkylation sites (N-methyl/N-ethyl adjacent to an activating group) is 1. The molecule has 2 rings (SSSR count). The van der Waals surface area contributed by atoms with Crippen LogP contribution in [0.2, 0.25) is 5.02 Å². The third kappa shape index (κ3) is 4.96. The Morgan fingerprint density at radius 2 is 1.95 bits per heavy atom. The second-order valence-electron chi connectivity index (χ2n) is 4.58. The van der Waals surface area contributed by atoms with Crippen LogP contribution < -0.4 is 10.1 Å². The van der Waals surface area contributed by atoms with Crippen molar-refractivity contribution in [1.82, 2.24) is 5.32 Å². The SMILES string of the molecule is CNC(COc1cccc(Cl)c1)Cc1ccc(I)cc1. The van der Waals surface area contributed by atoms with Gasteiger partial charge in [0.05, 0.1) is 0 Å². The molecule has 2 aromatic carbocycles. The van der Waals surface area contributed by atoms with Crippen LogP contribution in [0.15, 0.2) is 48.5 Å². The first-order chi connectivity index (χ1) is 9.67. The Hall–Kier alpha value is -0.780. The summed E-state index contributed by atoms with van der Waals surface area (Å²) in [6.07, 6.45) is 0.938. The molecule has 1 N–H and O–H groups in total. The summed E-state index contributed by atoms with van der Waals surface area (Å²) in [7, 11) is 1.96. The van der Waals surface area contributed by atoms with Crippen molar-refractivity contribution in [2.45, 2.75) is 12.5 Å². The molecule has 1 atom stereocenters. The molecule has 0 saturated heterocycles. The van der Waals surface area contributed by atoms with E-state index in [0.717, 1.165) is 12.2 Å². The fourth-order valence-corrected chi connectivity index (χ4v) is 2.44. The van der Waals surface area contributed by atoms with Crippen LogP contribution in [-0.2, 0) is 6.42 Å². The molecular formula is C16H17ClINO. The summed E-state index contributed by atoms with van der Waals surface area (Å²) in [5, 5.41) is 3.99. The molecule has 0 aliphatic rings. The van der Waals surface area contributed by atoms with Gasteiger partial charge in [0.2, 0.25) is 0 Å². The van der Waals surface area contributed by atoms with Crippen LogP contribution in [0.25, 0.3) is 0 Å². The van der Waals surface area contributed by atoms with Crippen LogP contribution in [0, 0.1) is 3.57 Å². The van der Waals surface area contributed by atoms with Crippen molar-refractivity contribution >= 4 is 34.2 Å². The maximum atomic E-state index is 5.94. The molecule has 0 aliphatic heterocycles. The number of benzene rings is 2. The Morgan fingerprint density at radius 3 is 2.60 bits per heavy atom. The fourth-order valence-electron chi connectivity index (χ4n) is 1.90. The van der Waals surface area contributed by atoms with E-state index in [-0.39, 0.29) is 6.04 Å². The maximum Gasteiger partial charge on any atom is 0.120 e. The van der Waals surface area contributed by atoms with Gasteiger partial charge in [-0.25, -0.2) is 0 Å². The van der Waals surface area contributed by atoms with Crippen molar-refractivity contribution < 1.29 is 4.74 Å². The van der Waals surface area contributed by atoms with Crippen LogP contribution in [0.4, 0.5) is 0 Å². The van der Waals surface area contributed by atoms with E-state index in [0.29, 0.717) is 11.6 Å². The molecule has 1 unspecified atom stereocenters. The molecule has 0 aromatic heterocycles. The van der Waals surface area contributed by atoms with Gasteiger partial charge in [0.15, 0.2) is 0 Å². The van der Waals surface area contributed by atoms with Gasteiger partial charge in [0, 0.05) is 14.6 Å². The van der Waals surface area contributed by atoms with E-state index in [2.05, 4.69) is 52.2 Å². The second kappa shape index (κ2) is 7.86. The van der Waals surface area contributed by atoms with Crippen LogP contribution in [0.5, 0.6) is 5.75 Å². The van der Waals surface area contributed by atoms with E-state index in [1.807, 2.05) is 31.3 Å². The van der Waals surface area contributed by atoms with Gasteiger partial charge in [-0.15, -0.1) is 0 Å². The largest absolute Gasteiger partial charge is 0.492 e. The smallest absolute Gasteiger partial charge is 0.120 e. The number of hydrogen-bond donors (Lipinski definition) is 1. The van der Waals surface area contributed by atoms with E-state index in [9.17, 15) is 0 Å². The summed E-state index contributed by atoms with van der Waals surface area (Å²) in [6, 6.07) is 16.3. The summed E-state index contributed by atoms with van der Waals surface area (Å²) in [5.74, 6) is 0.806. The molecule has 0 spiro atoms. The standard InChI is InChI=1S/C16H17ClINO/c1-19-15(9-12-5-7-14(18)8-6-12)11-20-16-4-2-3-13(17)10-16/h2-8,10,15,19H,9,11H2,1H3. The van der Waals surface area contributed by atoms with Crippen LogP contribution in [0.1, 0.15) is 5.56 Å². The van der Waals surface area contributed by atoms with Gasteiger partial charge in [-0.2, -0.15) is 0 Å². The predicted molar refractivity (Wildman–Crippen MR) is 92.7 cm³/mol. The van der Waals surface area contributed by atoms with Crippen molar-refractivity contribution in [3.05, 3.63) is 62.7 Å². The lowest BCUT2D eigenvalue weighted by Gasteiger charge is -2.17. The number of rotatable bonds is 6. The molecule has 0 radical (unpaired) electrons. The molecule has 0 bridgehead atoms. The van der Waals surface area contributed by atoms with Crippen LogP contribution in [-0.4, -0.2) is 19.7 Å². The van der Waals surface area contributed by atoms with E-state index >= 15 is 0 Å². The third-order valence-electron chi connectivity index (χ3n) is 3.05. The minimum Gasteiger partial charge on any atom is -0.492 e. The summed E-state index contributed by atoms with van der Waals surface area (Å²) < 4.78 is 7.04. The monoisotopic (exact) mass is 401 g/mol. The first kappa shape index (κ1) is 15.6. The second-order valence-corrected chi connectivity index (χ2v) is 6.27. The molecule has 20 heavy (non-hydrogen) atoms. The van der Waals surface area contributed by atoms with Crippen molar-refractivity contribution in [3.8, 4) is 5.75 Å². The van der Waals surface area contributed by atoms with E-state index in [4.69, 9.17) is 16.3 Å². The predicted octanol–water partition coefficient (Wildman–Crippen LogP) is 4.15. The molecule has 2 aromatic rings. The summed E-state index contributed by atoms with van der Waals surface area (Å²) in [6.45, 7) is 0.614. The minimum atomic E-state index is 0.272. The van der Waals surface area contributed by atoms with Gasteiger partial charge in [-0.3, -0.25) is 0 Å². The van der Waals surface area contributed by atoms with Gasteiger partial charge in [-0.05, 0) is 72.0 Å². The lowest BCUT2D eigenvalue weighted by Crippen LogP contribution is -2.33. The number of halogens is 2. The normalized spacial score (nSPS) is 12.2. The average molecular weight is 402 g/mol. The Morgan fingerprint density at radius 1 is 1.20 bits per heavy atom. The lowest BCUT2D eigenvalue weighted by molar-refractivity contribution is 0.270. The highest BCUT2D eigenvalue weighted by atomic mass is 127. The highest BCUT2D eigenvalue weighted by Crippen LogP contribution is 2.17. The van der Waals surface area contributed by atoms with Crippen molar-refractivity contribution in [2.24, 2.45) is 0 Å². The number of nitrogens with one attached hydrogen (secondary N) is 1.